The number of halogens is 1. The Labute approximate surface area is 183 Å². The van der Waals surface area contributed by atoms with Gasteiger partial charge in [-0.3, -0.25) is 0 Å². The first-order valence-electron chi connectivity index (χ1n) is 10.8. The lowest BCUT2D eigenvalue weighted by Gasteiger charge is -2.30. The molecule has 0 saturated carbocycles. The first-order valence-corrected chi connectivity index (χ1v) is 10.8. The molecule has 1 aliphatic heterocycles. The molecule has 0 aromatic heterocycles. The van der Waals surface area contributed by atoms with E-state index in [0.29, 0.717) is 31.1 Å². The maximum absolute atomic E-state index is 13.4. The molecule has 0 amide bonds. The average molecular weight is 433 g/mol. The van der Waals surface area contributed by atoms with Crippen LogP contribution in [-0.2, 0) is 13.1 Å². The minimum atomic E-state index is -0.615. The Morgan fingerprint density at radius 1 is 1.13 bits per heavy atom. The third-order valence-electron chi connectivity index (χ3n) is 5.64. The van der Waals surface area contributed by atoms with Gasteiger partial charge in [-0.05, 0) is 60.7 Å². The number of methoxy groups -OCH3 is 1. The van der Waals surface area contributed by atoms with Crippen LogP contribution < -0.4 is 14.8 Å². The minimum absolute atomic E-state index is 0.172. The largest absolute Gasteiger partial charge is 0.493 e. The van der Waals surface area contributed by atoms with E-state index in [0.717, 1.165) is 42.6 Å². The topological polar surface area (TPSA) is 74.2 Å². The molecule has 0 spiro atoms. The molecule has 0 radical (unpaired) electrons. The number of rotatable bonds is 10. The average Bonchev–Trinajstić information content (AvgIpc) is 2.76. The van der Waals surface area contributed by atoms with Crippen LogP contribution in [0.5, 0.6) is 11.5 Å². The second kappa shape index (κ2) is 11.4. The van der Waals surface area contributed by atoms with Gasteiger partial charge in [0.25, 0.3) is 0 Å². The summed E-state index contributed by atoms with van der Waals surface area (Å²) in [5, 5.41) is 23.2. The predicted molar refractivity (Wildman–Crippen MR) is 118 cm³/mol. The van der Waals surface area contributed by atoms with Crippen LogP contribution in [0.25, 0.3) is 0 Å². The van der Waals surface area contributed by atoms with Gasteiger partial charge < -0.3 is 29.9 Å². The number of β-amino-alcohol motifs (C(OH)–C–C–N with tert-alkyl or cyclic N) is 1. The second-order valence-electron chi connectivity index (χ2n) is 8.16. The summed E-state index contributed by atoms with van der Waals surface area (Å²) < 4.78 is 24.7. The van der Waals surface area contributed by atoms with Crippen molar-refractivity contribution in [1.29, 1.82) is 0 Å². The van der Waals surface area contributed by atoms with Crippen LogP contribution in [0, 0.1) is 12.7 Å². The third-order valence-corrected chi connectivity index (χ3v) is 5.64. The number of piperidine rings is 1. The normalized spacial score (nSPS) is 16.3. The van der Waals surface area contributed by atoms with Gasteiger partial charge in [0.1, 0.15) is 18.5 Å². The van der Waals surface area contributed by atoms with Crippen LogP contribution in [0.3, 0.4) is 0 Å². The number of nitrogens with zero attached hydrogens (tertiary/aromatic N) is 1. The van der Waals surface area contributed by atoms with E-state index < -0.39 is 6.10 Å². The molecular formula is C24H33FN2O4. The van der Waals surface area contributed by atoms with Crippen molar-refractivity contribution in [2.24, 2.45) is 0 Å². The van der Waals surface area contributed by atoms with Gasteiger partial charge in [-0.25, -0.2) is 4.39 Å². The maximum Gasteiger partial charge on any atom is 0.161 e. The van der Waals surface area contributed by atoms with E-state index >= 15 is 0 Å². The smallest absolute Gasteiger partial charge is 0.161 e. The number of hydrogen-bond donors (Lipinski definition) is 3. The summed E-state index contributed by atoms with van der Waals surface area (Å²) in [7, 11) is 1.59. The fourth-order valence-corrected chi connectivity index (χ4v) is 3.75. The van der Waals surface area contributed by atoms with Crippen LogP contribution >= 0.6 is 0 Å². The zero-order valence-corrected chi connectivity index (χ0v) is 18.3. The Balaban J connectivity index is 1.48. The van der Waals surface area contributed by atoms with Crippen molar-refractivity contribution >= 4 is 0 Å². The van der Waals surface area contributed by atoms with Gasteiger partial charge >= 0.3 is 0 Å². The van der Waals surface area contributed by atoms with E-state index in [1.54, 1.807) is 19.2 Å². The molecule has 3 N–H and O–H groups in total. The maximum atomic E-state index is 13.4. The molecule has 1 aliphatic rings. The van der Waals surface area contributed by atoms with Gasteiger partial charge in [-0.15, -0.1) is 0 Å². The van der Waals surface area contributed by atoms with Gasteiger partial charge in [-0.1, -0.05) is 12.1 Å². The van der Waals surface area contributed by atoms with E-state index in [2.05, 4.69) is 10.2 Å². The van der Waals surface area contributed by atoms with Crippen LogP contribution in [0.15, 0.2) is 36.4 Å². The van der Waals surface area contributed by atoms with Crippen LogP contribution in [0.1, 0.15) is 29.5 Å². The number of benzene rings is 2. The van der Waals surface area contributed by atoms with Crippen molar-refractivity contribution in [3.63, 3.8) is 0 Å². The molecule has 1 unspecified atom stereocenters. The van der Waals surface area contributed by atoms with Crippen molar-refractivity contribution in [3.8, 4) is 11.5 Å². The van der Waals surface area contributed by atoms with Crippen LogP contribution in [0.4, 0.5) is 4.39 Å². The molecule has 1 atom stereocenters. The Hall–Kier alpha value is -2.19. The number of likely N-dealkylation sites (tertiary alicyclic amines) is 1. The second-order valence-corrected chi connectivity index (χ2v) is 8.16. The Bertz CT molecular complexity index is 840. The number of hydrogen-bond acceptors (Lipinski definition) is 6. The Morgan fingerprint density at radius 2 is 1.90 bits per heavy atom. The molecule has 2 aromatic rings. The summed E-state index contributed by atoms with van der Waals surface area (Å²) in [6.07, 6.45) is 0.654. The fraction of sp³-hybridized carbons (Fsp3) is 0.500. The van der Waals surface area contributed by atoms with Crippen molar-refractivity contribution in [3.05, 3.63) is 58.9 Å². The van der Waals surface area contributed by atoms with E-state index in [9.17, 15) is 14.6 Å². The lowest BCUT2D eigenvalue weighted by Crippen LogP contribution is -2.41. The molecule has 6 nitrogen and oxygen atoms in total. The van der Waals surface area contributed by atoms with Crippen molar-refractivity contribution < 1.29 is 24.1 Å². The van der Waals surface area contributed by atoms with Crippen molar-refractivity contribution in [2.45, 2.75) is 45.1 Å². The highest BCUT2D eigenvalue weighted by molar-refractivity contribution is 5.43. The van der Waals surface area contributed by atoms with Gasteiger partial charge in [-0.2, -0.15) is 0 Å². The molecule has 1 fully saturated rings. The number of aryl methyl sites for hydroxylation is 1. The highest BCUT2D eigenvalue weighted by Gasteiger charge is 2.20. The minimum Gasteiger partial charge on any atom is -0.493 e. The van der Waals surface area contributed by atoms with E-state index in [1.165, 1.54) is 6.07 Å². The summed E-state index contributed by atoms with van der Waals surface area (Å²) >= 11 is 0. The first kappa shape index (κ1) is 23.5. The van der Waals surface area contributed by atoms with Gasteiger partial charge in [0, 0.05) is 32.7 Å². The van der Waals surface area contributed by atoms with Gasteiger partial charge in [0.15, 0.2) is 11.5 Å². The van der Waals surface area contributed by atoms with Crippen LogP contribution in [0.2, 0.25) is 0 Å². The zero-order valence-electron chi connectivity index (χ0n) is 18.3. The van der Waals surface area contributed by atoms with Gasteiger partial charge in [0.2, 0.25) is 0 Å². The van der Waals surface area contributed by atoms with Crippen molar-refractivity contribution in [1.82, 2.24) is 10.2 Å². The molecule has 0 aliphatic carbocycles. The van der Waals surface area contributed by atoms with Gasteiger partial charge in [0.05, 0.1) is 13.2 Å². The molecule has 7 heteroatoms. The summed E-state index contributed by atoms with van der Waals surface area (Å²) in [6.45, 7) is 5.42. The lowest BCUT2D eigenvalue weighted by atomic mass is 10.1. The molecule has 0 bridgehead atoms. The van der Waals surface area contributed by atoms with E-state index in [-0.39, 0.29) is 18.5 Å². The number of ether oxygens (including phenoxy) is 2. The lowest BCUT2D eigenvalue weighted by molar-refractivity contribution is 0.0333. The van der Waals surface area contributed by atoms with Crippen molar-refractivity contribution in [2.75, 3.05) is 33.4 Å². The standard InChI is InChI=1S/C24H33FN2O4/c1-17-3-5-20(25)12-19(17)14-26-13-18-4-6-23(24(11-18)30-2)31-16-22(29)15-27-9-7-21(28)8-10-27/h3-6,11-12,21-22,26,28-29H,7-10,13-16H2,1-2H3. The Morgan fingerprint density at radius 3 is 2.65 bits per heavy atom. The molecule has 1 heterocycles. The van der Waals surface area contributed by atoms with E-state index in [4.69, 9.17) is 9.47 Å². The van der Waals surface area contributed by atoms with Crippen LogP contribution in [-0.4, -0.2) is 60.7 Å². The quantitative estimate of drug-likeness (QED) is 0.536. The Kier molecular flexibility index (Phi) is 8.66. The zero-order chi connectivity index (χ0) is 22.2. The number of nitrogens with one attached hydrogen (secondary N) is 1. The molecule has 170 valence electrons. The highest BCUT2D eigenvalue weighted by atomic mass is 19.1. The summed E-state index contributed by atoms with van der Waals surface area (Å²) in [5.74, 6) is 0.959. The monoisotopic (exact) mass is 432 g/mol. The molecule has 31 heavy (non-hydrogen) atoms. The predicted octanol–water partition coefficient (Wildman–Crippen LogP) is 2.63. The third kappa shape index (κ3) is 7.18. The summed E-state index contributed by atoms with van der Waals surface area (Å²) in [4.78, 5) is 2.15. The fourth-order valence-electron chi connectivity index (χ4n) is 3.75. The first-order chi connectivity index (χ1) is 14.9. The van der Waals surface area contributed by atoms with E-state index in [1.807, 2.05) is 25.1 Å². The SMILES string of the molecule is COc1cc(CNCc2cc(F)ccc2C)ccc1OCC(O)CN1CCC(O)CC1. The molecule has 3 rings (SSSR count). The molecule has 1 saturated heterocycles. The molecular weight excluding hydrogens is 399 g/mol. The molecule has 2 aromatic carbocycles. The highest BCUT2D eigenvalue weighted by Crippen LogP contribution is 2.28. The number of aliphatic hydroxyl groups is 2. The number of aliphatic hydroxyl groups excluding tert-OH is 2. The summed E-state index contributed by atoms with van der Waals surface area (Å²) in [5.41, 5.74) is 3.00. The summed E-state index contributed by atoms with van der Waals surface area (Å²) in [6, 6.07) is 10.5.